The average Bonchev–Trinajstić information content (AvgIpc) is 2.43. The summed E-state index contributed by atoms with van der Waals surface area (Å²) in [6.07, 6.45) is 0. The fourth-order valence-electron chi connectivity index (χ4n) is 1.51. The van der Waals surface area contributed by atoms with E-state index in [4.69, 9.17) is 5.11 Å². The fraction of sp³-hybridized carbons (Fsp3) is 0.250. The number of aryl methyl sites for hydroxylation is 1. The van der Waals surface area contributed by atoms with E-state index >= 15 is 0 Å². The second kappa shape index (κ2) is 5.41. The number of aromatic nitrogens is 3. The van der Waals surface area contributed by atoms with E-state index in [1.807, 2.05) is 0 Å². The quantitative estimate of drug-likeness (QED) is 0.863. The number of aliphatic hydroxyl groups excluding tert-OH is 1. The van der Waals surface area contributed by atoms with Crippen molar-refractivity contribution >= 4 is 11.8 Å². The molecule has 19 heavy (non-hydrogen) atoms. The third kappa shape index (κ3) is 2.77. The molecular weight excluding hydrogens is 266 g/mol. The van der Waals surface area contributed by atoms with E-state index in [0.717, 1.165) is 19.7 Å². The zero-order valence-electron chi connectivity index (χ0n) is 10.5. The van der Waals surface area contributed by atoms with Gasteiger partial charge in [0, 0.05) is 19.0 Å². The summed E-state index contributed by atoms with van der Waals surface area (Å²) in [4.78, 5) is 24.2. The van der Waals surface area contributed by atoms with Gasteiger partial charge in [0.25, 0.3) is 5.56 Å². The molecule has 2 aromatic rings. The molecule has 1 aromatic heterocycles. The molecule has 1 aromatic carbocycles. The molecule has 6 nitrogen and oxygen atoms in total. The number of aliphatic hydroxyl groups is 1. The van der Waals surface area contributed by atoms with Crippen molar-refractivity contribution in [3.63, 3.8) is 0 Å². The molecule has 0 saturated heterocycles. The molecule has 0 fully saturated rings. The van der Waals surface area contributed by atoms with Gasteiger partial charge in [-0.15, -0.1) is 0 Å². The van der Waals surface area contributed by atoms with Crippen LogP contribution in [0.4, 0.5) is 0 Å². The summed E-state index contributed by atoms with van der Waals surface area (Å²) in [5.74, 6) is 0. The molecule has 0 aliphatic heterocycles. The first-order valence-corrected chi connectivity index (χ1v) is 6.36. The van der Waals surface area contributed by atoms with Crippen LogP contribution >= 0.6 is 11.8 Å². The Hall–Kier alpha value is -1.86. The van der Waals surface area contributed by atoms with E-state index in [2.05, 4.69) is 5.10 Å². The zero-order chi connectivity index (χ0) is 14.0. The van der Waals surface area contributed by atoms with Gasteiger partial charge >= 0.3 is 5.69 Å². The van der Waals surface area contributed by atoms with Crippen LogP contribution < -0.4 is 11.2 Å². The van der Waals surface area contributed by atoms with Gasteiger partial charge in [-0.05, 0) is 17.7 Å². The molecule has 7 heteroatoms. The molecule has 0 spiro atoms. The number of rotatable bonds is 3. The molecule has 0 atom stereocenters. The maximum atomic E-state index is 11.9. The lowest BCUT2D eigenvalue weighted by molar-refractivity contribution is 0.282. The van der Waals surface area contributed by atoms with Gasteiger partial charge in [0.15, 0.2) is 5.03 Å². The van der Waals surface area contributed by atoms with E-state index < -0.39 is 11.2 Å². The first-order valence-electron chi connectivity index (χ1n) is 5.55. The van der Waals surface area contributed by atoms with Crippen molar-refractivity contribution in [1.82, 2.24) is 14.3 Å². The Balaban J connectivity index is 2.38. The fourth-order valence-corrected chi connectivity index (χ4v) is 2.39. The smallest absolute Gasteiger partial charge is 0.346 e. The lowest BCUT2D eigenvalue weighted by Crippen LogP contribution is -2.39. The van der Waals surface area contributed by atoms with Crippen LogP contribution in [0.1, 0.15) is 5.56 Å². The lowest BCUT2D eigenvalue weighted by Gasteiger charge is -2.05. The molecule has 0 bridgehead atoms. The van der Waals surface area contributed by atoms with Gasteiger partial charge in [-0.1, -0.05) is 23.9 Å². The maximum absolute atomic E-state index is 11.9. The Morgan fingerprint density at radius 2 is 1.84 bits per heavy atom. The maximum Gasteiger partial charge on any atom is 0.346 e. The molecule has 2 rings (SSSR count). The van der Waals surface area contributed by atoms with Crippen LogP contribution in [0.3, 0.4) is 0 Å². The van der Waals surface area contributed by atoms with Crippen molar-refractivity contribution in [3.8, 4) is 0 Å². The van der Waals surface area contributed by atoms with Gasteiger partial charge in [-0.3, -0.25) is 9.36 Å². The number of benzene rings is 1. The average molecular weight is 279 g/mol. The van der Waals surface area contributed by atoms with Gasteiger partial charge in [-0.25, -0.2) is 9.48 Å². The Bertz CT molecular complexity index is 704. The van der Waals surface area contributed by atoms with Crippen LogP contribution in [0.15, 0.2) is 43.8 Å². The van der Waals surface area contributed by atoms with Crippen molar-refractivity contribution in [2.24, 2.45) is 14.1 Å². The summed E-state index contributed by atoms with van der Waals surface area (Å²) in [7, 11) is 2.92. The second-order valence-corrected chi connectivity index (χ2v) is 5.04. The molecule has 0 aliphatic carbocycles. The van der Waals surface area contributed by atoms with E-state index in [9.17, 15) is 9.59 Å². The topological polar surface area (TPSA) is 77.1 Å². The molecule has 0 aliphatic rings. The van der Waals surface area contributed by atoms with Crippen LogP contribution in [-0.4, -0.2) is 19.5 Å². The number of nitrogens with zero attached hydrogens (tertiary/aromatic N) is 3. The van der Waals surface area contributed by atoms with E-state index in [1.54, 1.807) is 24.3 Å². The van der Waals surface area contributed by atoms with E-state index in [1.165, 1.54) is 25.9 Å². The van der Waals surface area contributed by atoms with Crippen LogP contribution in [-0.2, 0) is 20.7 Å². The van der Waals surface area contributed by atoms with Crippen molar-refractivity contribution in [1.29, 1.82) is 0 Å². The third-order valence-corrected chi connectivity index (χ3v) is 3.57. The normalized spacial score (nSPS) is 10.7. The summed E-state index contributed by atoms with van der Waals surface area (Å²) < 4.78 is 2.16. The SMILES string of the molecule is Cn1nc(Sc2ccc(CO)cc2)c(=O)n(C)c1=O. The standard InChI is InChI=1S/C12H13N3O3S/c1-14-11(17)10(13-15(2)12(14)18)19-9-5-3-8(7-16)4-6-9/h3-6,16H,7H2,1-2H3. The van der Waals surface area contributed by atoms with E-state index in [0.29, 0.717) is 0 Å². The molecule has 1 N–H and O–H groups in total. The highest BCUT2D eigenvalue weighted by molar-refractivity contribution is 7.99. The summed E-state index contributed by atoms with van der Waals surface area (Å²) in [6.45, 7) is -0.0230. The largest absolute Gasteiger partial charge is 0.392 e. The Kier molecular flexibility index (Phi) is 3.87. The predicted octanol–water partition coefficient (Wildman–Crippen LogP) is 0.123. The molecule has 0 radical (unpaired) electrons. The minimum Gasteiger partial charge on any atom is -0.392 e. The highest BCUT2D eigenvalue weighted by Crippen LogP contribution is 2.23. The minimum absolute atomic E-state index is 0.0230. The lowest BCUT2D eigenvalue weighted by atomic mass is 10.2. The zero-order valence-corrected chi connectivity index (χ0v) is 11.3. The van der Waals surface area contributed by atoms with Gasteiger partial charge in [0.1, 0.15) is 0 Å². The molecule has 1 heterocycles. The van der Waals surface area contributed by atoms with E-state index in [-0.39, 0.29) is 11.6 Å². The van der Waals surface area contributed by atoms with Crippen LogP contribution in [0.2, 0.25) is 0 Å². The monoisotopic (exact) mass is 279 g/mol. The van der Waals surface area contributed by atoms with Crippen LogP contribution in [0.25, 0.3) is 0 Å². The first kappa shape index (κ1) is 13.6. The van der Waals surface area contributed by atoms with Crippen molar-refractivity contribution in [2.45, 2.75) is 16.5 Å². The van der Waals surface area contributed by atoms with Crippen molar-refractivity contribution in [2.75, 3.05) is 0 Å². The summed E-state index contributed by atoms with van der Waals surface area (Å²) >= 11 is 1.18. The van der Waals surface area contributed by atoms with Gasteiger partial charge in [0.2, 0.25) is 0 Å². The third-order valence-electron chi connectivity index (χ3n) is 2.61. The van der Waals surface area contributed by atoms with Crippen LogP contribution in [0.5, 0.6) is 0 Å². The van der Waals surface area contributed by atoms with Gasteiger partial charge in [0.05, 0.1) is 6.61 Å². The molecular formula is C12H13N3O3S. The Morgan fingerprint density at radius 1 is 1.21 bits per heavy atom. The number of hydrogen-bond donors (Lipinski definition) is 1. The van der Waals surface area contributed by atoms with Crippen molar-refractivity contribution < 1.29 is 5.11 Å². The van der Waals surface area contributed by atoms with Gasteiger partial charge < -0.3 is 5.11 Å². The van der Waals surface area contributed by atoms with Gasteiger partial charge in [-0.2, -0.15) is 5.10 Å². The number of hydrogen-bond acceptors (Lipinski definition) is 5. The second-order valence-electron chi connectivity index (χ2n) is 3.98. The highest BCUT2D eigenvalue weighted by Gasteiger charge is 2.10. The molecule has 0 amide bonds. The minimum atomic E-state index is -0.454. The first-order chi connectivity index (χ1) is 9.02. The molecule has 100 valence electrons. The Morgan fingerprint density at radius 3 is 2.42 bits per heavy atom. The summed E-state index contributed by atoms with van der Waals surface area (Å²) in [5, 5.41) is 13.1. The van der Waals surface area contributed by atoms with Crippen LogP contribution in [0, 0.1) is 0 Å². The summed E-state index contributed by atoms with van der Waals surface area (Å²) in [6, 6.07) is 7.13. The molecule has 0 saturated carbocycles. The highest BCUT2D eigenvalue weighted by atomic mass is 32.2. The predicted molar refractivity (Wildman–Crippen MR) is 71.2 cm³/mol. The summed E-state index contributed by atoms with van der Waals surface area (Å²) in [5.41, 5.74) is -0.0741. The molecule has 0 unspecified atom stereocenters. The Labute approximate surface area is 113 Å². The van der Waals surface area contributed by atoms with Crippen molar-refractivity contribution in [3.05, 3.63) is 50.7 Å².